The molecular formula is C26H34ClN5O3. The van der Waals surface area contributed by atoms with Crippen LogP contribution in [0.2, 0.25) is 5.02 Å². The van der Waals surface area contributed by atoms with Crippen molar-refractivity contribution in [3.05, 3.63) is 69.9 Å². The second-order valence-electron chi connectivity index (χ2n) is 8.61. The lowest BCUT2D eigenvalue weighted by Crippen LogP contribution is -2.46. The van der Waals surface area contributed by atoms with Crippen LogP contribution < -0.4 is 20.1 Å². The minimum Gasteiger partial charge on any atom is -0.497 e. The summed E-state index contributed by atoms with van der Waals surface area (Å²) in [4.78, 5) is 17.8. The molecular weight excluding hydrogens is 466 g/mol. The zero-order valence-corrected chi connectivity index (χ0v) is 21.3. The molecule has 0 radical (unpaired) electrons. The molecule has 0 N–H and O–H groups in total. The third-order valence-corrected chi connectivity index (χ3v) is 6.58. The van der Waals surface area contributed by atoms with Crippen LogP contribution in [0, 0.1) is 0 Å². The molecule has 1 aliphatic rings. The average Bonchev–Trinajstić information content (AvgIpc) is 3.19. The predicted molar refractivity (Wildman–Crippen MR) is 139 cm³/mol. The van der Waals surface area contributed by atoms with Crippen molar-refractivity contribution in [3.63, 3.8) is 0 Å². The Kier molecular flexibility index (Phi) is 8.71. The molecule has 35 heavy (non-hydrogen) atoms. The third kappa shape index (κ3) is 6.58. The van der Waals surface area contributed by atoms with Crippen LogP contribution in [-0.4, -0.2) is 65.7 Å². The molecule has 9 heteroatoms. The van der Waals surface area contributed by atoms with Crippen molar-refractivity contribution < 1.29 is 9.47 Å². The van der Waals surface area contributed by atoms with Crippen LogP contribution in [-0.2, 0) is 19.5 Å². The van der Waals surface area contributed by atoms with Crippen molar-refractivity contribution in [2.45, 2.75) is 32.9 Å². The molecule has 2 heterocycles. The van der Waals surface area contributed by atoms with Gasteiger partial charge in [-0.05, 0) is 48.9 Å². The first-order chi connectivity index (χ1) is 17.1. The zero-order chi connectivity index (χ0) is 24.6. The Morgan fingerprint density at radius 1 is 0.971 bits per heavy atom. The highest BCUT2D eigenvalue weighted by atomic mass is 35.5. The number of anilines is 1. The van der Waals surface area contributed by atoms with Crippen molar-refractivity contribution in [1.29, 1.82) is 0 Å². The quantitative estimate of drug-likeness (QED) is 0.402. The number of aromatic nitrogens is 3. The standard InChI is InChI=1S/C26H34ClN5O3/c1-3-25-28-32(26(33)31(25)18-19-35-24-10-8-23(34-2)9-11-24)13-5-12-29-14-16-30(17-15-29)22-7-4-6-21(27)20-22/h4,6-11,20H,3,5,12-19H2,1-2H3. The average molecular weight is 500 g/mol. The van der Waals surface area contributed by atoms with Gasteiger partial charge in [0.1, 0.15) is 23.9 Å². The maximum Gasteiger partial charge on any atom is 0.346 e. The van der Waals surface area contributed by atoms with Gasteiger partial charge in [0.2, 0.25) is 0 Å². The molecule has 3 aromatic rings. The van der Waals surface area contributed by atoms with Gasteiger partial charge in [0, 0.05) is 56.4 Å². The fourth-order valence-electron chi connectivity index (χ4n) is 4.39. The summed E-state index contributed by atoms with van der Waals surface area (Å²) in [6.45, 7) is 8.41. The molecule has 4 rings (SSSR count). The lowest BCUT2D eigenvalue weighted by molar-refractivity contribution is 0.248. The van der Waals surface area contributed by atoms with E-state index in [2.05, 4.69) is 21.0 Å². The highest BCUT2D eigenvalue weighted by Gasteiger charge is 2.18. The lowest BCUT2D eigenvalue weighted by Gasteiger charge is -2.36. The number of piperazine rings is 1. The van der Waals surface area contributed by atoms with Crippen LogP contribution in [0.4, 0.5) is 5.69 Å². The zero-order valence-electron chi connectivity index (χ0n) is 20.5. The van der Waals surface area contributed by atoms with E-state index in [1.807, 2.05) is 49.4 Å². The normalized spacial score (nSPS) is 14.3. The number of hydrogen-bond donors (Lipinski definition) is 0. The maximum atomic E-state index is 12.9. The Bertz CT molecular complexity index is 1140. The van der Waals surface area contributed by atoms with E-state index < -0.39 is 0 Å². The third-order valence-electron chi connectivity index (χ3n) is 6.35. The van der Waals surface area contributed by atoms with Crippen LogP contribution in [0.3, 0.4) is 0 Å². The second-order valence-corrected chi connectivity index (χ2v) is 9.05. The summed E-state index contributed by atoms with van der Waals surface area (Å²) in [6, 6.07) is 15.5. The summed E-state index contributed by atoms with van der Waals surface area (Å²) in [5.41, 5.74) is 1.11. The molecule has 188 valence electrons. The number of benzene rings is 2. The number of nitrogens with zero attached hydrogens (tertiary/aromatic N) is 5. The monoisotopic (exact) mass is 499 g/mol. The smallest absolute Gasteiger partial charge is 0.346 e. The van der Waals surface area contributed by atoms with Gasteiger partial charge in [0.15, 0.2) is 0 Å². The maximum absolute atomic E-state index is 12.9. The summed E-state index contributed by atoms with van der Waals surface area (Å²) >= 11 is 6.14. The van der Waals surface area contributed by atoms with Gasteiger partial charge in [-0.15, -0.1) is 0 Å². The number of ether oxygens (including phenoxy) is 2. The van der Waals surface area contributed by atoms with Crippen LogP contribution >= 0.6 is 11.6 Å². The molecule has 2 aromatic carbocycles. The van der Waals surface area contributed by atoms with E-state index in [9.17, 15) is 4.79 Å². The van der Waals surface area contributed by atoms with Crippen molar-refractivity contribution in [2.24, 2.45) is 0 Å². The Morgan fingerprint density at radius 2 is 1.71 bits per heavy atom. The minimum absolute atomic E-state index is 0.0639. The van der Waals surface area contributed by atoms with Crippen LogP contribution in [0.15, 0.2) is 53.3 Å². The summed E-state index contributed by atoms with van der Waals surface area (Å²) in [7, 11) is 1.63. The minimum atomic E-state index is -0.0639. The van der Waals surface area contributed by atoms with Crippen molar-refractivity contribution >= 4 is 17.3 Å². The van der Waals surface area contributed by atoms with E-state index in [0.717, 1.165) is 61.5 Å². The van der Waals surface area contributed by atoms with Gasteiger partial charge in [0.05, 0.1) is 13.7 Å². The van der Waals surface area contributed by atoms with Gasteiger partial charge in [-0.2, -0.15) is 5.10 Å². The molecule has 1 aliphatic heterocycles. The Balaban J connectivity index is 1.24. The van der Waals surface area contributed by atoms with Gasteiger partial charge in [0.25, 0.3) is 0 Å². The molecule has 0 amide bonds. The molecule has 8 nitrogen and oxygen atoms in total. The molecule has 0 unspecified atom stereocenters. The molecule has 0 saturated carbocycles. The number of hydrogen-bond acceptors (Lipinski definition) is 6. The Hall–Kier alpha value is -2.97. The van der Waals surface area contributed by atoms with E-state index in [-0.39, 0.29) is 5.69 Å². The van der Waals surface area contributed by atoms with Crippen LogP contribution in [0.25, 0.3) is 0 Å². The molecule has 1 saturated heterocycles. The summed E-state index contributed by atoms with van der Waals surface area (Å²) in [5, 5.41) is 5.35. The van der Waals surface area contributed by atoms with E-state index in [0.29, 0.717) is 26.1 Å². The summed E-state index contributed by atoms with van der Waals surface area (Å²) < 4.78 is 14.3. The number of methoxy groups -OCH3 is 1. The van der Waals surface area contributed by atoms with Crippen LogP contribution in [0.5, 0.6) is 11.5 Å². The summed E-state index contributed by atoms with van der Waals surface area (Å²) in [5.74, 6) is 2.33. The number of aryl methyl sites for hydroxylation is 2. The van der Waals surface area contributed by atoms with E-state index in [4.69, 9.17) is 21.1 Å². The van der Waals surface area contributed by atoms with E-state index >= 15 is 0 Å². The van der Waals surface area contributed by atoms with Crippen molar-refractivity contribution in [3.8, 4) is 11.5 Å². The molecule has 0 bridgehead atoms. The first-order valence-corrected chi connectivity index (χ1v) is 12.6. The van der Waals surface area contributed by atoms with Gasteiger partial charge in [-0.3, -0.25) is 9.47 Å². The first-order valence-electron chi connectivity index (χ1n) is 12.2. The van der Waals surface area contributed by atoms with Gasteiger partial charge in [-0.25, -0.2) is 9.48 Å². The Labute approximate surface area is 211 Å². The highest BCUT2D eigenvalue weighted by Crippen LogP contribution is 2.21. The Morgan fingerprint density at radius 3 is 2.40 bits per heavy atom. The molecule has 1 aromatic heterocycles. The lowest BCUT2D eigenvalue weighted by atomic mass is 10.2. The first kappa shape index (κ1) is 25.1. The van der Waals surface area contributed by atoms with Crippen LogP contribution in [0.1, 0.15) is 19.2 Å². The van der Waals surface area contributed by atoms with Gasteiger partial charge in [-0.1, -0.05) is 24.6 Å². The molecule has 0 aliphatic carbocycles. The fraction of sp³-hybridized carbons (Fsp3) is 0.462. The number of rotatable bonds is 11. The predicted octanol–water partition coefficient (Wildman–Crippen LogP) is 3.56. The summed E-state index contributed by atoms with van der Waals surface area (Å²) in [6.07, 6.45) is 1.59. The molecule has 0 atom stereocenters. The van der Waals surface area contributed by atoms with E-state index in [1.165, 1.54) is 5.69 Å². The second kappa shape index (κ2) is 12.1. The molecule has 0 spiro atoms. The SMILES string of the molecule is CCc1nn(CCCN2CCN(c3cccc(Cl)c3)CC2)c(=O)n1CCOc1ccc(OC)cc1. The topological polar surface area (TPSA) is 64.8 Å². The fourth-order valence-corrected chi connectivity index (χ4v) is 4.58. The van der Waals surface area contributed by atoms with E-state index in [1.54, 1.807) is 16.4 Å². The van der Waals surface area contributed by atoms with Gasteiger partial charge < -0.3 is 14.4 Å². The van der Waals surface area contributed by atoms with Crippen molar-refractivity contribution in [1.82, 2.24) is 19.2 Å². The van der Waals surface area contributed by atoms with Crippen molar-refractivity contribution in [2.75, 3.05) is 51.3 Å². The highest BCUT2D eigenvalue weighted by molar-refractivity contribution is 6.30. The largest absolute Gasteiger partial charge is 0.497 e. The number of halogens is 1. The molecule has 1 fully saturated rings. The van der Waals surface area contributed by atoms with Gasteiger partial charge >= 0.3 is 5.69 Å².